The minimum Gasteiger partial charge on any atom is -0.381 e. The van der Waals surface area contributed by atoms with Crippen molar-refractivity contribution < 1.29 is 9.47 Å². The Bertz CT molecular complexity index is 588. The molecule has 0 saturated carbocycles. The molecule has 6 heteroatoms. The average molecular weight is 293 g/mol. The number of hydrogen-bond donors (Lipinski definition) is 1. The van der Waals surface area contributed by atoms with Crippen molar-refractivity contribution in [3.8, 4) is 0 Å². The van der Waals surface area contributed by atoms with Gasteiger partial charge in [0.05, 0.1) is 5.39 Å². The van der Waals surface area contributed by atoms with Gasteiger partial charge in [-0.15, -0.1) is 11.3 Å². The van der Waals surface area contributed by atoms with E-state index in [2.05, 4.69) is 5.32 Å². The minimum absolute atomic E-state index is 0.406. The van der Waals surface area contributed by atoms with E-state index in [4.69, 9.17) is 19.4 Å². The molecule has 0 aliphatic carbocycles. The molecule has 2 aromatic heterocycles. The first kappa shape index (κ1) is 13.7. The number of fused-ring (bicyclic) bond motifs is 1. The van der Waals surface area contributed by atoms with E-state index in [1.807, 2.05) is 25.4 Å². The Morgan fingerprint density at radius 1 is 1.40 bits per heavy atom. The van der Waals surface area contributed by atoms with Crippen LogP contribution in [-0.4, -0.2) is 36.8 Å². The molecule has 108 valence electrons. The smallest absolute Gasteiger partial charge is 0.164 e. The molecule has 2 aromatic rings. The second-order valence-corrected chi connectivity index (χ2v) is 5.72. The van der Waals surface area contributed by atoms with Crippen LogP contribution in [0.2, 0.25) is 0 Å². The SMILES string of the molecule is CCOC1(c2nc(NC)c3ccsc3n2)CCOCC1. The van der Waals surface area contributed by atoms with Crippen molar-refractivity contribution in [1.82, 2.24) is 9.97 Å². The van der Waals surface area contributed by atoms with E-state index in [-0.39, 0.29) is 0 Å². The normalized spacial score (nSPS) is 18.3. The molecule has 0 aromatic carbocycles. The van der Waals surface area contributed by atoms with Crippen LogP contribution in [0.1, 0.15) is 25.6 Å². The van der Waals surface area contributed by atoms with Crippen LogP contribution >= 0.6 is 11.3 Å². The number of anilines is 1. The Hall–Kier alpha value is -1.24. The summed E-state index contributed by atoms with van der Waals surface area (Å²) in [6.45, 7) is 4.06. The van der Waals surface area contributed by atoms with Crippen LogP contribution in [0.15, 0.2) is 11.4 Å². The molecular weight excluding hydrogens is 274 g/mol. The molecule has 0 spiro atoms. The Balaban J connectivity index is 2.10. The third-order valence-corrected chi connectivity index (χ3v) is 4.50. The molecule has 1 fully saturated rings. The Morgan fingerprint density at radius 2 is 2.20 bits per heavy atom. The highest BCUT2D eigenvalue weighted by molar-refractivity contribution is 7.16. The maximum Gasteiger partial charge on any atom is 0.164 e. The molecule has 0 amide bonds. The molecule has 0 radical (unpaired) electrons. The minimum atomic E-state index is -0.406. The standard InChI is InChI=1S/C14H19N3O2S/c1-3-19-14(5-7-18-8-6-14)13-16-11(15-2)10-4-9-20-12(10)17-13/h4,9H,3,5-8H2,1-2H3,(H,15,16,17). The lowest BCUT2D eigenvalue weighted by Gasteiger charge is -2.35. The predicted molar refractivity (Wildman–Crippen MR) is 80.3 cm³/mol. The molecule has 0 unspecified atom stereocenters. The molecular formula is C14H19N3O2S. The van der Waals surface area contributed by atoms with Crippen LogP contribution in [0.25, 0.3) is 10.2 Å². The Labute approximate surface area is 122 Å². The van der Waals surface area contributed by atoms with Crippen LogP contribution in [0.5, 0.6) is 0 Å². The van der Waals surface area contributed by atoms with Crippen LogP contribution in [0.4, 0.5) is 5.82 Å². The van der Waals surface area contributed by atoms with E-state index in [1.54, 1.807) is 11.3 Å². The fraction of sp³-hybridized carbons (Fsp3) is 0.571. The largest absolute Gasteiger partial charge is 0.381 e. The molecule has 3 heterocycles. The first-order chi connectivity index (χ1) is 9.79. The third kappa shape index (κ3) is 2.28. The number of ether oxygens (including phenoxy) is 2. The van der Waals surface area contributed by atoms with Gasteiger partial charge in [-0.25, -0.2) is 9.97 Å². The van der Waals surface area contributed by atoms with Gasteiger partial charge < -0.3 is 14.8 Å². The van der Waals surface area contributed by atoms with Gasteiger partial charge in [0.15, 0.2) is 5.82 Å². The maximum absolute atomic E-state index is 6.05. The molecule has 0 bridgehead atoms. The van der Waals surface area contributed by atoms with Gasteiger partial charge in [-0.05, 0) is 18.4 Å². The summed E-state index contributed by atoms with van der Waals surface area (Å²) in [5.41, 5.74) is -0.406. The number of nitrogens with one attached hydrogen (secondary N) is 1. The number of hydrogen-bond acceptors (Lipinski definition) is 6. The van der Waals surface area contributed by atoms with Crippen LogP contribution < -0.4 is 5.32 Å². The summed E-state index contributed by atoms with van der Waals surface area (Å²) in [6, 6.07) is 2.05. The molecule has 1 saturated heterocycles. The van der Waals surface area contributed by atoms with Gasteiger partial charge in [-0.3, -0.25) is 0 Å². The summed E-state index contributed by atoms with van der Waals surface area (Å²) in [7, 11) is 1.89. The summed E-state index contributed by atoms with van der Waals surface area (Å²) in [5, 5.41) is 6.28. The van der Waals surface area contributed by atoms with Crippen molar-refractivity contribution in [2.45, 2.75) is 25.4 Å². The van der Waals surface area contributed by atoms with Gasteiger partial charge in [0.25, 0.3) is 0 Å². The Kier molecular flexibility index (Phi) is 3.87. The highest BCUT2D eigenvalue weighted by Gasteiger charge is 2.38. The van der Waals surface area contributed by atoms with Crippen molar-refractivity contribution in [2.75, 3.05) is 32.2 Å². The van der Waals surface area contributed by atoms with Crippen molar-refractivity contribution in [1.29, 1.82) is 0 Å². The van der Waals surface area contributed by atoms with Gasteiger partial charge >= 0.3 is 0 Å². The van der Waals surface area contributed by atoms with E-state index >= 15 is 0 Å². The van der Waals surface area contributed by atoms with Crippen LogP contribution in [-0.2, 0) is 15.1 Å². The monoisotopic (exact) mass is 293 g/mol. The fourth-order valence-corrected chi connectivity index (χ4v) is 3.42. The average Bonchev–Trinajstić information content (AvgIpc) is 2.96. The highest BCUT2D eigenvalue weighted by Crippen LogP contribution is 2.36. The summed E-state index contributed by atoms with van der Waals surface area (Å²) in [5.74, 6) is 1.65. The summed E-state index contributed by atoms with van der Waals surface area (Å²) in [6.07, 6.45) is 1.61. The Morgan fingerprint density at radius 3 is 2.90 bits per heavy atom. The number of nitrogens with zero attached hydrogens (tertiary/aromatic N) is 2. The maximum atomic E-state index is 6.05. The van der Waals surface area contributed by atoms with Crippen molar-refractivity contribution in [3.63, 3.8) is 0 Å². The molecule has 1 N–H and O–H groups in total. The van der Waals surface area contributed by atoms with Gasteiger partial charge in [-0.2, -0.15) is 0 Å². The van der Waals surface area contributed by atoms with E-state index < -0.39 is 5.60 Å². The first-order valence-electron chi connectivity index (χ1n) is 6.94. The lowest BCUT2D eigenvalue weighted by molar-refractivity contribution is -0.117. The van der Waals surface area contributed by atoms with Gasteiger partial charge in [0.2, 0.25) is 0 Å². The molecule has 1 aliphatic heterocycles. The number of thiophene rings is 1. The quantitative estimate of drug-likeness (QED) is 0.939. The lowest BCUT2D eigenvalue weighted by atomic mass is 9.93. The van der Waals surface area contributed by atoms with Gasteiger partial charge in [-0.1, -0.05) is 0 Å². The van der Waals surface area contributed by atoms with Crippen molar-refractivity contribution in [2.24, 2.45) is 0 Å². The van der Waals surface area contributed by atoms with E-state index in [9.17, 15) is 0 Å². The second-order valence-electron chi connectivity index (χ2n) is 4.82. The van der Waals surface area contributed by atoms with Crippen LogP contribution in [0.3, 0.4) is 0 Å². The van der Waals surface area contributed by atoms with Crippen LogP contribution in [0, 0.1) is 0 Å². The zero-order valence-electron chi connectivity index (χ0n) is 11.8. The van der Waals surface area contributed by atoms with Crippen molar-refractivity contribution in [3.05, 3.63) is 17.3 Å². The summed E-state index contributed by atoms with van der Waals surface area (Å²) >= 11 is 1.63. The molecule has 20 heavy (non-hydrogen) atoms. The topological polar surface area (TPSA) is 56.3 Å². The zero-order valence-corrected chi connectivity index (χ0v) is 12.6. The predicted octanol–water partition coefficient (Wildman–Crippen LogP) is 2.78. The number of rotatable bonds is 4. The molecule has 5 nitrogen and oxygen atoms in total. The van der Waals surface area contributed by atoms with Gasteiger partial charge in [0, 0.05) is 39.7 Å². The van der Waals surface area contributed by atoms with Gasteiger partial charge in [0.1, 0.15) is 16.2 Å². The molecule has 0 atom stereocenters. The fourth-order valence-electron chi connectivity index (χ4n) is 2.66. The van der Waals surface area contributed by atoms with E-state index in [0.29, 0.717) is 19.8 Å². The first-order valence-corrected chi connectivity index (χ1v) is 7.82. The third-order valence-electron chi connectivity index (χ3n) is 3.69. The number of aromatic nitrogens is 2. The summed E-state index contributed by atoms with van der Waals surface area (Å²) in [4.78, 5) is 10.5. The van der Waals surface area contributed by atoms with E-state index in [1.165, 1.54) is 0 Å². The zero-order chi connectivity index (χ0) is 14.0. The molecule has 1 aliphatic rings. The van der Waals surface area contributed by atoms with E-state index in [0.717, 1.165) is 34.7 Å². The lowest BCUT2D eigenvalue weighted by Crippen LogP contribution is -2.38. The molecule has 3 rings (SSSR count). The highest BCUT2D eigenvalue weighted by atomic mass is 32.1. The summed E-state index contributed by atoms with van der Waals surface area (Å²) < 4.78 is 11.5. The second kappa shape index (κ2) is 5.63. The van der Waals surface area contributed by atoms with Crippen molar-refractivity contribution >= 4 is 27.4 Å².